The van der Waals surface area contributed by atoms with Crippen molar-refractivity contribution in [1.29, 1.82) is 0 Å². The van der Waals surface area contributed by atoms with Crippen molar-refractivity contribution >= 4 is 11.8 Å². The molecule has 0 aliphatic carbocycles. The van der Waals surface area contributed by atoms with E-state index in [0.717, 1.165) is 11.3 Å². The number of carbonyl (C=O) groups excluding carboxylic acids is 2. The summed E-state index contributed by atoms with van der Waals surface area (Å²) >= 11 is 0. The number of carbonyl (C=O) groups is 2. The second kappa shape index (κ2) is 8.15. The fraction of sp³-hybridized carbons (Fsp3) is 0.556. The predicted molar refractivity (Wildman–Crippen MR) is 92.6 cm³/mol. The molecule has 2 amide bonds. The second-order valence-electron chi connectivity index (χ2n) is 6.31. The van der Waals surface area contributed by atoms with Crippen LogP contribution < -0.4 is 10.5 Å². The molecule has 0 bridgehead atoms. The van der Waals surface area contributed by atoms with E-state index in [1.807, 2.05) is 38.1 Å². The summed E-state index contributed by atoms with van der Waals surface area (Å²) in [4.78, 5) is 28.2. The van der Waals surface area contributed by atoms with Crippen molar-refractivity contribution in [1.82, 2.24) is 9.80 Å². The Morgan fingerprint density at radius 2 is 1.62 bits per heavy atom. The van der Waals surface area contributed by atoms with Crippen molar-refractivity contribution in [3.8, 4) is 5.75 Å². The SMILES string of the molecule is Cc1ccccc1OC(C)C(=O)N1CCN(C(=O)C(C)CN)CC1. The number of amides is 2. The zero-order valence-corrected chi connectivity index (χ0v) is 14.7. The Morgan fingerprint density at radius 1 is 1.08 bits per heavy atom. The van der Waals surface area contributed by atoms with Gasteiger partial charge in [0, 0.05) is 38.6 Å². The number of nitrogens with zero attached hydrogens (tertiary/aromatic N) is 2. The molecule has 0 aromatic heterocycles. The highest BCUT2D eigenvalue weighted by molar-refractivity contribution is 5.82. The van der Waals surface area contributed by atoms with E-state index in [2.05, 4.69) is 0 Å². The van der Waals surface area contributed by atoms with Crippen LogP contribution in [0.15, 0.2) is 24.3 Å². The van der Waals surface area contributed by atoms with Crippen molar-refractivity contribution < 1.29 is 14.3 Å². The maximum atomic E-state index is 12.6. The topological polar surface area (TPSA) is 75.9 Å². The Hall–Kier alpha value is -2.08. The molecule has 6 heteroatoms. The fourth-order valence-corrected chi connectivity index (χ4v) is 2.75. The van der Waals surface area contributed by atoms with Gasteiger partial charge in [0.05, 0.1) is 0 Å². The van der Waals surface area contributed by atoms with E-state index in [1.54, 1.807) is 16.7 Å². The quantitative estimate of drug-likeness (QED) is 0.873. The number of nitrogens with two attached hydrogens (primary N) is 1. The van der Waals surface area contributed by atoms with Crippen LogP contribution in [0.25, 0.3) is 0 Å². The van der Waals surface area contributed by atoms with Crippen LogP contribution in [0, 0.1) is 12.8 Å². The molecule has 1 aliphatic rings. The molecule has 1 saturated heterocycles. The van der Waals surface area contributed by atoms with E-state index in [1.165, 1.54) is 0 Å². The van der Waals surface area contributed by atoms with Gasteiger partial charge in [-0.15, -0.1) is 0 Å². The first-order valence-electron chi connectivity index (χ1n) is 8.44. The third-order valence-electron chi connectivity index (χ3n) is 4.42. The molecule has 0 saturated carbocycles. The Kier molecular flexibility index (Phi) is 6.20. The minimum Gasteiger partial charge on any atom is -0.481 e. The third-order valence-corrected chi connectivity index (χ3v) is 4.42. The third kappa shape index (κ3) is 4.26. The molecule has 6 nitrogen and oxygen atoms in total. The van der Waals surface area contributed by atoms with E-state index in [4.69, 9.17) is 10.5 Å². The highest BCUT2D eigenvalue weighted by atomic mass is 16.5. The van der Waals surface area contributed by atoms with Gasteiger partial charge in [0.15, 0.2) is 6.10 Å². The summed E-state index contributed by atoms with van der Waals surface area (Å²) in [6, 6.07) is 7.65. The highest BCUT2D eigenvalue weighted by Crippen LogP contribution is 2.19. The molecule has 1 fully saturated rings. The number of hydrogen-bond acceptors (Lipinski definition) is 4. The monoisotopic (exact) mass is 333 g/mol. The minimum atomic E-state index is -0.545. The number of aryl methyl sites for hydroxylation is 1. The van der Waals surface area contributed by atoms with Crippen LogP contribution in [0.1, 0.15) is 19.4 Å². The van der Waals surface area contributed by atoms with E-state index in [-0.39, 0.29) is 17.7 Å². The second-order valence-corrected chi connectivity index (χ2v) is 6.31. The molecule has 2 unspecified atom stereocenters. The van der Waals surface area contributed by atoms with Crippen LogP contribution >= 0.6 is 0 Å². The van der Waals surface area contributed by atoms with Crippen LogP contribution in [-0.4, -0.2) is 60.4 Å². The molecule has 132 valence electrons. The van der Waals surface area contributed by atoms with Crippen molar-refractivity contribution in [3.05, 3.63) is 29.8 Å². The first-order chi connectivity index (χ1) is 11.4. The molecule has 1 heterocycles. The fourth-order valence-electron chi connectivity index (χ4n) is 2.75. The lowest BCUT2D eigenvalue weighted by molar-refractivity contribution is -0.145. The van der Waals surface area contributed by atoms with Crippen molar-refractivity contribution in [2.45, 2.75) is 26.9 Å². The van der Waals surface area contributed by atoms with Gasteiger partial charge in [-0.1, -0.05) is 25.1 Å². The van der Waals surface area contributed by atoms with Crippen molar-refractivity contribution in [2.24, 2.45) is 11.7 Å². The average Bonchev–Trinajstić information content (AvgIpc) is 2.61. The molecule has 0 spiro atoms. The molecule has 1 aliphatic heterocycles. The van der Waals surface area contributed by atoms with Gasteiger partial charge in [-0.05, 0) is 25.5 Å². The van der Waals surface area contributed by atoms with Crippen LogP contribution in [0.4, 0.5) is 0 Å². The molecule has 2 atom stereocenters. The van der Waals surface area contributed by atoms with Gasteiger partial charge in [0.1, 0.15) is 5.75 Å². The number of hydrogen-bond donors (Lipinski definition) is 1. The van der Waals surface area contributed by atoms with Gasteiger partial charge in [-0.3, -0.25) is 9.59 Å². The summed E-state index contributed by atoms with van der Waals surface area (Å²) < 4.78 is 5.80. The summed E-state index contributed by atoms with van der Waals surface area (Å²) in [5.41, 5.74) is 6.55. The number of rotatable bonds is 5. The number of benzene rings is 1. The Labute approximate surface area is 143 Å². The van der Waals surface area contributed by atoms with Crippen molar-refractivity contribution in [2.75, 3.05) is 32.7 Å². The maximum Gasteiger partial charge on any atom is 0.263 e. The van der Waals surface area contributed by atoms with Crippen LogP contribution in [-0.2, 0) is 9.59 Å². The van der Waals surface area contributed by atoms with Gasteiger partial charge in [0.25, 0.3) is 5.91 Å². The Morgan fingerprint density at radius 3 is 2.17 bits per heavy atom. The summed E-state index contributed by atoms with van der Waals surface area (Å²) in [5.74, 6) is 0.575. The number of piperazine rings is 1. The van der Waals surface area contributed by atoms with Gasteiger partial charge in [-0.2, -0.15) is 0 Å². The summed E-state index contributed by atoms with van der Waals surface area (Å²) in [6.07, 6.45) is -0.545. The zero-order chi connectivity index (χ0) is 17.7. The zero-order valence-electron chi connectivity index (χ0n) is 14.7. The summed E-state index contributed by atoms with van der Waals surface area (Å²) in [6.45, 7) is 8.06. The van der Waals surface area contributed by atoms with Gasteiger partial charge < -0.3 is 20.3 Å². The Bertz CT molecular complexity index is 583. The Balaban J connectivity index is 1.88. The first-order valence-corrected chi connectivity index (χ1v) is 8.44. The average molecular weight is 333 g/mol. The first kappa shape index (κ1) is 18.3. The smallest absolute Gasteiger partial charge is 0.263 e. The van der Waals surface area contributed by atoms with E-state index < -0.39 is 6.10 Å². The van der Waals surface area contributed by atoms with E-state index >= 15 is 0 Å². The molecule has 24 heavy (non-hydrogen) atoms. The summed E-state index contributed by atoms with van der Waals surface area (Å²) in [7, 11) is 0. The lowest BCUT2D eigenvalue weighted by Gasteiger charge is -2.36. The van der Waals surface area contributed by atoms with Gasteiger partial charge in [-0.25, -0.2) is 0 Å². The van der Waals surface area contributed by atoms with Crippen LogP contribution in [0.3, 0.4) is 0 Å². The number of ether oxygens (including phenoxy) is 1. The lowest BCUT2D eigenvalue weighted by Crippen LogP contribution is -2.54. The summed E-state index contributed by atoms with van der Waals surface area (Å²) in [5, 5.41) is 0. The highest BCUT2D eigenvalue weighted by Gasteiger charge is 2.29. The van der Waals surface area contributed by atoms with E-state index in [0.29, 0.717) is 32.7 Å². The largest absolute Gasteiger partial charge is 0.481 e. The molecule has 1 aromatic carbocycles. The standard InChI is InChI=1S/C18H27N3O3/c1-13-6-4-5-7-16(13)24-15(3)18(23)21-10-8-20(9-11-21)17(22)14(2)12-19/h4-7,14-15H,8-12,19H2,1-3H3. The number of para-hydroxylation sites is 1. The maximum absolute atomic E-state index is 12.6. The molecular weight excluding hydrogens is 306 g/mol. The van der Waals surface area contributed by atoms with Crippen LogP contribution in [0.5, 0.6) is 5.75 Å². The molecule has 0 radical (unpaired) electrons. The van der Waals surface area contributed by atoms with Crippen molar-refractivity contribution in [3.63, 3.8) is 0 Å². The normalized spacial score (nSPS) is 17.3. The van der Waals surface area contributed by atoms with E-state index in [9.17, 15) is 9.59 Å². The minimum absolute atomic E-state index is 0.0442. The predicted octanol–water partition coefficient (Wildman–Crippen LogP) is 1.03. The lowest BCUT2D eigenvalue weighted by atomic mass is 10.1. The molecule has 2 rings (SSSR count). The van der Waals surface area contributed by atoms with Gasteiger partial charge in [0.2, 0.25) is 5.91 Å². The van der Waals surface area contributed by atoms with Gasteiger partial charge >= 0.3 is 0 Å². The van der Waals surface area contributed by atoms with Crippen LogP contribution in [0.2, 0.25) is 0 Å². The molecule has 1 aromatic rings. The molecular formula is C18H27N3O3. The molecule has 2 N–H and O–H groups in total.